The predicted molar refractivity (Wildman–Crippen MR) is 107 cm³/mol. The van der Waals surface area contributed by atoms with Crippen LogP contribution in [-0.2, 0) is 9.47 Å². The molecule has 8 heteroatoms. The summed E-state index contributed by atoms with van der Waals surface area (Å²) in [6.45, 7) is 11.5. The van der Waals surface area contributed by atoms with Gasteiger partial charge in [0.05, 0.1) is 11.6 Å². The molecule has 0 bridgehead atoms. The van der Waals surface area contributed by atoms with E-state index in [0.29, 0.717) is 12.5 Å². The zero-order valence-electron chi connectivity index (χ0n) is 15.7. The fourth-order valence-corrected chi connectivity index (χ4v) is 2.17. The van der Waals surface area contributed by atoms with E-state index in [2.05, 4.69) is 20.9 Å². The molecule has 0 aromatic heterocycles. The van der Waals surface area contributed by atoms with E-state index in [1.165, 1.54) is 0 Å². The van der Waals surface area contributed by atoms with Gasteiger partial charge in [0.25, 0.3) is 0 Å². The number of nitrogens with zero attached hydrogens (tertiary/aromatic N) is 1. The third-order valence-corrected chi connectivity index (χ3v) is 3.28. The number of nitrogens with one attached hydrogen (secondary N) is 3. The Morgan fingerprint density at radius 1 is 1.25 bits per heavy atom. The fourth-order valence-electron chi connectivity index (χ4n) is 2.17. The van der Waals surface area contributed by atoms with E-state index in [1.54, 1.807) is 7.05 Å². The molecule has 1 fully saturated rings. The number of amides is 1. The van der Waals surface area contributed by atoms with Gasteiger partial charge in [-0.05, 0) is 47.5 Å². The minimum absolute atomic E-state index is 0. The molecular weight excluding hydrogens is 423 g/mol. The molecule has 0 aromatic carbocycles. The summed E-state index contributed by atoms with van der Waals surface area (Å²) >= 11 is 0. The molecule has 1 unspecified atom stereocenters. The summed E-state index contributed by atoms with van der Waals surface area (Å²) in [5.41, 5.74) is -0.976. The van der Waals surface area contributed by atoms with Crippen molar-refractivity contribution in [2.45, 2.75) is 64.7 Å². The van der Waals surface area contributed by atoms with Gasteiger partial charge in [-0.2, -0.15) is 0 Å². The number of ether oxygens (including phenoxy) is 2. The van der Waals surface area contributed by atoms with E-state index < -0.39 is 17.2 Å². The predicted octanol–water partition coefficient (Wildman–Crippen LogP) is 2.25. The molecule has 0 radical (unpaired) electrons. The van der Waals surface area contributed by atoms with Crippen LogP contribution in [0.15, 0.2) is 4.99 Å². The second-order valence-electron chi connectivity index (χ2n) is 7.45. The van der Waals surface area contributed by atoms with Crippen molar-refractivity contribution in [2.24, 2.45) is 4.99 Å². The van der Waals surface area contributed by atoms with Gasteiger partial charge in [-0.15, -0.1) is 24.0 Å². The quantitative estimate of drug-likeness (QED) is 0.336. The summed E-state index contributed by atoms with van der Waals surface area (Å²) in [4.78, 5) is 16.1. The third-order valence-electron chi connectivity index (χ3n) is 3.28. The first-order valence-corrected chi connectivity index (χ1v) is 8.18. The Hall–Kier alpha value is -0.770. The van der Waals surface area contributed by atoms with Gasteiger partial charge in [0, 0.05) is 26.7 Å². The number of halogens is 1. The minimum Gasteiger partial charge on any atom is -0.444 e. The van der Waals surface area contributed by atoms with Crippen LogP contribution in [0.4, 0.5) is 4.79 Å². The van der Waals surface area contributed by atoms with Crippen LogP contribution in [0, 0.1) is 0 Å². The second kappa shape index (κ2) is 10.3. The molecule has 7 nitrogen and oxygen atoms in total. The van der Waals surface area contributed by atoms with Crippen LogP contribution in [0.5, 0.6) is 0 Å². The largest absolute Gasteiger partial charge is 0.444 e. The Balaban J connectivity index is 0.00000529. The van der Waals surface area contributed by atoms with Crippen LogP contribution in [0.2, 0.25) is 0 Å². The van der Waals surface area contributed by atoms with E-state index in [-0.39, 0.29) is 30.1 Å². The van der Waals surface area contributed by atoms with Crippen LogP contribution < -0.4 is 16.0 Å². The van der Waals surface area contributed by atoms with Crippen LogP contribution >= 0.6 is 24.0 Å². The van der Waals surface area contributed by atoms with Gasteiger partial charge in [0.2, 0.25) is 0 Å². The number of carbonyl (C=O) groups is 1. The number of rotatable bonds is 5. The SMILES string of the molecule is CN=C(NCC1CCCO1)NCC(C)(C)NC(=O)OC(C)(C)C.I. The molecule has 1 heterocycles. The number of carbonyl (C=O) groups excluding carboxylic acids is 1. The average Bonchev–Trinajstić information content (AvgIpc) is 2.88. The third kappa shape index (κ3) is 10.2. The van der Waals surface area contributed by atoms with Crippen LogP contribution in [0.25, 0.3) is 0 Å². The van der Waals surface area contributed by atoms with Gasteiger partial charge < -0.3 is 25.4 Å². The van der Waals surface area contributed by atoms with Crippen molar-refractivity contribution < 1.29 is 14.3 Å². The molecule has 1 aliphatic rings. The number of guanidine groups is 1. The first-order valence-electron chi connectivity index (χ1n) is 8.18. The lowest BCUT2D eigenvalue weighted by Gasteiger charge is -2.29. The first-order chi connectivity index (χ1) is 10.6. The maximum Gasteiger partial charge on any atom is 0.408 e. The van der Waals surface area contributed by atoms with Crippen molar-refractivity contribution in [3.63, 3.8) is 0 Å². The summed E-state index contributed by atoms with van der Waals surface area (Å²) in [5, 5.41) is 9.32. The van der Waals surface area contributed by atoms with Gasteiger partial charge in [0.15, 0.2) is 5.96 Å². The van der Waals surface area contributed by atoms with Crippen LogP contribution in [-0.4, -0.2) is 56.0 Å². The van der Waals surface area contributed by atoms with Crippen LogP contribution in [0.1, 0.15) is 47.5 Å². The molecule has 0 saturated carbocycles. The average molecular weight is 456 g/mol. The fraction of sp³-hybridized carbons (Fsp3) is 0.875. The number of hydrogen-bond acceptors (Lipinski definition) is 4. The molecular formula is C16H33IN4O3. The topological polar surface area (TPSA) is 84.0 Å². The molecule has 24 heavy (non-hydrogen) atoms. The number of alkyl carbamates (subject to hydrolysis) is 1. The van der Waals surface area contributed by atoms with Gasteiger partial charge in [0.1, 0.15) is 5.60 Å². The van der Waals surface area contributed by atoms with E-state index in [0.717, 1.165) is 26.0 Å². The molecule has 1 atom stereocenters. The summed E-state index contributed by atoms with van der Waals surface area (Å²) in [5.74, 6) is 0.694. The summed E-state index contributed by atoms with van der Waals surface area (Å²) in [7, 11) is 1.72. The van der Waals surface area contributed by atoms with Crippen molar-refractivity contribution in [1.29, 1.82) is 0 Å². The molecule has 1 saturated heterocycles. The molecule has 0 aromatic rings. The normalized spacial score (nSPS) is 18.6. The molecule has 1 aliphatic heterocycles. The lowest BCUT2D eigenvalue weighted by Crippen LogP contribution is -2.54. The highest BCUT2D eigenvalue weighted by Gasteiger charge is 2.25. The maximum absolute atomic E-state index is 11.9. The Bertz CT molecular complexity index is 416. The standard InChI is InChI=1S/C16H32N4O3.HI/c1-15(2,3)23-14(21)20-16(4,5)11-19-13(17-6)18-10-12-8-7-9-22-12;/h12H,7-11H2,1-6H3,(H,20,21)(H2,17,18,19);1H. The first kappa shape index (κ1) is 23.2. The zero-order valence-corrected chi connectivity index (χ0v) is 18.0. The Morgan fingerprint density at radius 3 is 2.42 bits per heavy atom. The number of hydrogen-bond donors (Lipinski definition) is 3. The van der Waals surface area contributed by atoms with Gasteiger partial charge in [-0.25, -0.2) is 4.79 Å². The Morgan fingerprint density at radius 2 is 1.92 bits per heavy atom. The molecule has 0 spiro atoms. The molecule has 0 aliphatic carbocycles. The van der Waals surface area contributed by atoms with E-state index in [4.69, 9.17) is 9.47 Å². The number of aliphatic imine (C=N–C) groups is 1. The Kier molecular flexibility index (Phi) is 9.94. The van der Waals surface area contributed by atoms with E-state index in [9.17, 15) is 4.79 Å². The summed E-state index contributed by atoms with van der Waals surface area (Å²) < 4.78 is 10.9. The van der Waals surface area contributed by atoms with Crippen molar-refractivity contribution in [1.82, 2.24) is 16.0 Å². The Labute approximate surface area is 162 Å². The minimum atomic E-state index is -0.507. The maximum atomic E-state index is 11.9. The van der Waals surface area contributed by atoms with Crippen molar-refractivity contribution in [2.75, 3.05) is 26.7 Å². The smallest absolute Gasteiger partial charge is 0.408 e. The highest BCUT2D eigenvalue weighted by Crippen LogP contribution is 2.11. The van der Waals surface area contributed by atoms with E-state index >= 15 is 0 Å². The zero-order chi connectivity index (χ0) is 17.5. The highest BCUT2D eigenvalue weighted by molar-refractivity contribution is 14.0. The second-order valence-corrected chi connectivity index (χ2v) is 7.45. The molecule has 1 amide bonds. The van der Waals surface area contributed by atoms with Crippen molar-refractivity contribution in [3.05, 3.63) is 0 Å². The monoisotopic (exact) mass is 456 g/mol. The van der Waals surface area contributed by atoms with Crippen molar-refractivity contribution >= 4 is 36.0 Å². The van der Waals surface area contributed by atoms with E-state index in [1.807, 2.05) is 34.6 Å². The van der Waals surface area contributed by atoms with Crippen LogP contribution in [0.3, 0.4) is 0 Å². The molecule has 1 rings (SSSR count). The lowest BCUT2D eigenvalue weighted by molar-refractivity contribution is 0.0474. The van der Waals surface area contributed by atoms with Gasteiger partial charge in [-0.3, -0.25) is 4.99 Å². The van der Waals surface area contributed by atoms with Crippen molar-refractivity contribution in [3.8, 4) is 0 Å². The summed E-state index contributed by atoms with van der Waals surface area (Å²) in [6.07, 6.45) is 2.02. The summed E-state index contributed by atoms with van der Waals surface area (Å²) in [6, 6.07) is 0. The molecule has 3 N–H and O–H groups in total. The lowest BCUT2D eigenvalue weighted by atomic mass is 10.1. The molecule has 142 valence electrons. The highest BCUT2D eigenvalue weighted by atomic mass is 127. The van der Waals surface area contributed by atoms with Gasteiger partial charge in [-0.1, -0.05) is 0 Å². The van der Waals surface area contributed by atoms with Gasteiger partial charge >= 0.3 is 6.09 Å².